The van der Waals surface area contributed by atoms with E-state index in [2.05, 4.69) is 21.7 Å². The fourth-order valence-corrected chi connectivity index (χ4v) is 4.11. The van der Waals surface area contributed by atoms with Crippen LogP contribution < -0.4 is 4.74 Å². The molecule has 2 aliphatic rings. The zero-order valence-electron chi connectivity index (χ0n) is 16.6. The Morgan fingerprint density at radius 2 is 1.70 bits per heavy atom. The molecule has 2 fully saturated rings. The van der Waals surface area contributed by atoms with E-state index in [0.717, 1.165) is 62.1 Å². The van der Waals surface area contributed by atoms with Gasteiger partial charge >= 0.3 is 0 Å². The van der Waals surface area contributed by atoms with Gasteiger partial charge in [-0.1, -0.05) is 24.4 Å². The summed E-state index contributed by atoms with van der Waals surface area (Å²) in [5, 5.41) is 11.2. The Labute approximate surface area is 168 Å². The van der Waals surface area contributed by atoms with Crippen molar-refractivity contribution in [2.45, 2.75) is 38.3 Å². The van der Waals surface area contributed by atoms with Crippen LogP contribution in [0.15, 0.2) is 18.2 Å². The van der Waals surface area contributed by atoms with E-state index in [4.69, 9.17) is 16.3 Å². The molecular formula is C21H34ClN3O2. The van der Waals surface area contributed by atoms with E-state index in [-0.39, 0.29) is 0 Å². The number of ether oxygens (including phenoxy) is 1. The van der Waals surface area contributed by atoms with Crippen LogP contribution in [-0.4, -0.2) is 85.4 Å². The number of likely N-dealkylation sites (N-methyl/N-ethyl adjacent to an activating group) is 1. The van der Waals surface area contributed by atoms with Gasteiger partial charge in [-0.15, -0.1) is 0 Å². The third-order valence-electron chi connectivity index (χ3n) is 5.61. The zero-order chi connectivity index (χ0) is 19.1. The number of piperazine rings is 1. The van der Waals surface area contributed by atoms with Gasteiger partial charge in [-0.25, -0.2) is 0 Å². The maximum atomic E-state index is 10.4. The summed E-state index contributed by atoms with van der Waals surface area (Å²) in [5.41, 5.74) is 1.11. The Morgan fingerprint density at radius 1 is 1.00 bits per heavy atom. The molecule has 0 saturated carbocycles. The van der Waals surface area contributed by atoms with Crippen molar-refractivity contribution in [1.29, 1.82) is 0 Å². The number of nitrogens with zero attached hydrogens (tertiary/aromatic N) is 3. The quantitative estimate of drug-likeness (QED) is 0.768. The maximum Gasteiger partial charge on any atom is 0.124 e. The van der Waals surface area contributed by atoms with E-state index in [1.807, 2.05) is 18.2 Å². The first kappa shape index (κ1) is 20.9. The Kier molecular flexibility index (Phi) is 8.22. The molecule has 0 radical (unpaired) electrons. The number of hydrogen-bond donors (Lipinski definition) is 1. The minimum absolute atomic E-state index is 0.327. The van der Waals surface area contributed by atoms with Gasteiger partial charge < -0.3 is 19.6 Å². The SMILES string of the molecule is CN1CCN(Cc2cc(Cl)ccc2OCC(O)CN2CCCCCC2)CC1. The Morgan fingerprint density at radius 3 is 2.41 bits per heavy atom. The number of hydrogen-bond acceptors (Lipinski definition) is 5. The molecule has 0 aromatic heterocycles. The summed E-state index contributed by atoms with van der Waals surface area (Å²) < 4.78 is 6.02. The number of β-amino-alcohol motifs (C(OH)–C–C–N with tert-alkyl or cyclic N) is 1. The lowest BCUT2D eigenvalue weighted by Gasteiger charge is -2.32. The van der Waals surface area contributed by atoms with Gasteiger partial charge in [0.15, 0.2) is 0 Å². The number of rotatable bonds is 7. The molecule has 0 amide bonds. The predicted molar refractivity (Wildman–Crippen MR) is 111 cm³/mol. The largest absolute Gasteiger partial charge is 0.491 e. The van der Waals surface area contributed by atoms with E-state index in [0.29, 0.717) is 13.2 Å². The molecule has 2 saturated heterocycles. The van der Waals surface area contributed by atoms with Crippen molar-refractivity contribution in [1.82, 2.24) is 14.7 Å². The van der Waals surface area contributed by atoms with E-state index >= 15 is 0 Å². The van der Waals surface area contributed by atoms with Crippen molar-refractivity contribution in [3.05, 3.63) is 28.8 Å². The van der Waals surface area contributed by atoms with Crippen LogP contribution >= 0.6 is 11.6 Å². The van der Waals surface area contributed by atoms with Gasteiger partial charge in [0.05, 0.1) is 0 Å². The average Bonchev–Trinajstić information content (AvgIpc) is 2.91. The van der Waals surface area contributed by atoms with Crippen molar-refractivity contribution in [2.24, 2.45) is 0 Å². The highest BCUT2D eigenvalue weighted by Gasteiger charge is 2.18. The molecule has 0 aliphatic carbocycles. The van der Waals surface area contributed by atoms with Gasteiger partial charge in [-0.3, -0.25) is 4.90 Å². The minimum atomic E-state index is -0.463. The van der Waals surface area contributed by atoms with E-state index in [1.165, 1.54) is 25.7 Å². The van der Waals surface area contributed by atoms with Gasteiger partial charge in [0.1, 0.15) is 18.5 Å². The van der Waals surface area contributed by atoms with Gasteiger partial charge in [-0.2, -0.15) is 0 Å². The Bertz CT molecular complexity index is 571. The second-order valence-electron chi connectivity index (χ2n) is 8.01. The average molecular weight is 396 g/mol. The van der Waals surface area contributed by atoms with Gasteiger partial charge in [0, 0.05) is 49.9 Å². The molecule has 1 atom stereocenters. The summed E-state index contributed by atoms with van der Waals surface area (Å²) >= 11 is 6.23. The number of benzene rings is 1. The monoisotopic (exact) mass is 395 g/mol. The number of likely N-dealkylation sites (tertiary alicyclic amines) is 1. The van der Waals surface area contributed by atoms with Crippen LogP contribution in [0.2, 0.25) is 5.02 Å². The first-order valence-electron chi connectivity index (χ1n) is 10.3. The first-order chi connectivity index (χ1) is 13.1. The molecule has 3 rings (SSSR count). The second-order valence-corrected chi connectivity index (χ2v) is 8.45. The third kappa shape index (κ3) is 6.91. The molecule has 1 aromatic carbocycles. The molecule has 1 unspecified atom stereocenters. The van der Waals surface area contributed by atoms with Crippen LogP contribution in [0.25, 0.3) is 0 Å². The number of aliphatic hydroxyl groups excluding tert-OH is 1. The Balaban J connectivity index is 1.52. The lowest BCUT2D eigenvalue weighted by atomic mass is 10.1. The number of aliphatic hydroxyl groups is 1. The van der Waals surface area contributed by atoms with Crippen molar-refractivity contribution in [3.63, 3.8) is 0 Å². The molecule has 2 heterocycles. The van der Waals surface area contributed by atoms with E-state index in [9.17, 15) is 5.11 Å². The number of halogens is 1. The van der Waals surface area contributed by atoms with Gasteiger partial charge in [0.25, 0.3) is 0 Å². The lowest BCUT2D eigenvalue weighted by molar-refractivity contribution is 0.0684. The molecule has 5 nitrogen and oxygen atoms in total. The summed E-state index contributed by atoms with van der Waals surface area (Å²) in [5.74, 6) is 0.841. The fourth-order valence-electron chi connectivity index (χ4n) is 3.91. The lowest BCUT2D eigenvalue weighted by Crippen LogP contribution is -2.43. The molecule has 152 valence electrons. The van der Waals surface area contributed by atoms with E-state index < -0.39 is 6.10 Å². The molecule has 1 N–H and O–H groups in total. The molecule has 2 aliphatic heterocycles. The van der Waals surface area contributed by atoms with E-state index in [1.54, 1.807) is 0 Å². The first-order valence-corrected chi connectivity index (χ1v) is 10.7. The smallest absolute Gasteiger partial charge is 0.124 e. The van der Waals surface area contributed by atoms with Crippen molar-refractivity contribution in [3.8, 4) is 5.75 Å². The van der Waals surface area contributed by atoms with Crippen LogP contribution in [0.1, 0.15) is 31.2 Å². The van der Waals surface area contributed by atoms with Crippen molar-refractivity contribution in [2.75, 3.05) is 59.5 Å². The van der Waals surface area contributed by atoms with Crippen LogP contribution in [0.3, 0.4) is 0 Å². The highest BCUT2D eigenvalue weighted by molar-refractivity contribution is 6.30. The van der Waals surface area contributed by atoms with Crippen LogP contribution in [0, 0.1) is 0 Å². The minimum Gasteiger partial charge on any atom is -0.491 e. The molecular weight excluding hydrogens is 362 g/mol. The maximum absolute atomic E-state index is 10.4. The summed E-state index contributed by atoms with van der Waals surface area (Å²) in [6.07, 6.45) is 4.63. The molecule has 27 heavy (non-hydrogen) atoms. The van der Waals surface area contributed by atoms with Gasteiger partial charge in [-0.05, 0) is 51.2 Å². The van der Waals surface area contributed by atoms with Crippen LogP contribution in [-0.2, 0) is 6.54 Å². The summed E-state index contributed by atoms with van der Waals surface area (Å²) in [4.78, 5) is 7.16. The van der Waals surface area contributed by atoms with Crippen molar-refractivity contribution >= 4 is 11.6 Å². The topological polar surface area (TPSA) is 39.2 Å². The molecule has 1 aromatic rings. The van der Waals surface area contributed by atoms with Crippen LogP contribution in [0.5, 0.6) is 5.75 Å². The zero-order valence-corrected chi connectivity index (χ0v) is 17.3. The summed E-state index contributed by atoms with van der Waals surface area (Å²) in [7, 11) is 2.16. The summed E-state index contributed by atoms with van der Waals surface area (Å²) in [6, 6.07) is 5.80. The standard InChI is InChI=1S/C21H34ClN3O2/c1-23-10-12-25(13-11-23)15-18-14-19(22)6-7-21(18)27-17-20(26)16-24-8-4-2-3-5-9-24/h6-7,14,20,26H,2-5,8-13,15-17H2,1H3. The molecule has 0 bridgehead atoms. The normalized spacial score (nSPS) is 21.7. The molecule has 6 heteroatoms. The summed E-state index contributed by atoms with van der Waals surface area (Å²) in [6.45, 7) is 8.33. The second kappa shape index (κ2) is 10.6. The third-order valence-corrected chi connectivity index (χ3v) is 5.85. The highest BCUT2D eigenvalue weighted by atomic mass is 35.5. The fraction of sp³-hybridized carbons (Fsp3) is 0.714. The van der Waals surface area contributed by atoms with Crippen molar-refractivity contribution < 1.29 is 9.84 Å². The predicted octanol–water partition coefficient (Wildman–Crippen LogP) is 2.70. The van der Waals surface area contributed by atoms with Gasteiger partial charge in [0.2, 0.25) is 0 Å². The van der Waals surface area contributed by atoms with Crippen LogP contribution in [0.4, 0.5) is 0 Å². The Hall–Kier alpha value is -0.850. The molecule has 0 spiro atoms. The highest BCUT2D eigenvalue weighted by Crippen LogP contribution is 2.25.